The van der Waals surface area contributed by atoms with Crippen LogP contribution < -0.4 is 10.6 Å². The van der Waals surface area contributed by atoms with Gasteiger partial charge in [0.1, 0.15) is 5.82 Å². The first-order valence-electron chi connectivity index (χ1n) is 10.7. The summed E-state index contributed by atoms with van der Waals surface area (Å²) in [6.45, 7) is 3.64. The van der Waals surface area contributed by atoms with E-state index in [9.17, 15) is 23.6 Å². The third kappa shape index (κ3) is 6.61. The number of carbonyl (C=O) groups is 4. The second-order valence-electron chi connectivity index (χ2n) is 7.90. The third-order valence-electron chi connectivity index (χ3n) is 5.34. The van der Waals surface area contributed by atoms with Gasteiger partial charge in [-0.1, -0.05) is 0 Å². The van der Waals surface area contributed by atoms with Crippen molar-refractivity contribution in [2.24, 2.45) is 5.92 Å². The van der Waals surface area contributed by atoms with Crippen molar-refractivity contribution in [3.63, 3.8) is 0 Å². The highest BCUT2D eigenvalue weighted by Crippen LogP contribution is 2.21. The number of rotatable bonds is 6. The van der Waals surface area contributed by atoms with E-state index in [0.717, 1.165) is 0 Å². The first kappa shape index (κ1) is 23.9. The maximum atomic E-state index is 13.1. The molecule has 0 unspecified atom stereocenters. The molecule has 3 rings (SSSR count). The van der Waals surface area contributed by atoms with Gasteiger partial charge in [0, 0.05) is 37.0 Å². The molecule has 1 saturated heterocycles. The van der Waals surface area contributed by atoms with Crippen LogP contribution >= 0.6 is 0 Å². The van der Waals surface area contributed by atoms with Gasteiger partial charge >= 0.3 is 5.97 Å². The lowest BCUT2D eigenvalue weighted by atomic mass is 9.96. The van der Waals surface area contributed by atoms with Crippen LogP contribution in [0.25, 0.3) is 0 Å². The number of hydrogen-bond acceptors (Lipinski definition) is 5. The van der Waals surface area contributed by atoms with Crippen LogP contribution in [0.15, 0.2) is 48.5 Å². The quantitative estimate of drug-likeness (QED) is 0.651. The van der Waals surface area contributed by atoms with E-state index in [-0.39, 0.29) is 11.8 Å². The Bertz CT molecular complexity index is 1020. The smallest absolute Gasteiger partial charge is 0.309 e. The van der Waals surface area contributed by atoms with E-state index in [0.29, 0.717) is 42.9 Å². The summed E-state index contributed by atoms with van der Waals surface area (Å²) in [6, 6.07) is 11.9. The molecule has 1 aliphatic rings. The van der Waals surface area contributed by atoms with Crippen LogP contribution in [-0.2, 0) is 19.1 Å². The van der Waals surface area contributed by atoms with E-state index in [1.54, 1.807) is 29.2 Å². The monoisotopic (exact) mass is 455 g/mol. The summed E-state index contributed by atoms with van der Waals surface area (Å²) in [5.74, 6) is -2.17. The van der Waals surface area contributed by atoms with Crippen LogP contribution in [0.2, 0.25) is 0 Å². The molecule has 1 heterocycles. The third-order valence-corrected chi connectivity index (χ3v) is 5.34. The van der Waals surface area contributed by atoms with Gasteiger partial charge in [0.15, 0.2) is 6.10 Å². The van der Waals surface area contributed by atoms with Gasteiger partial charge in [-0.3, -0.25) is 19.2 Å². The molecule has 1 aliphatic heterocycles. The Balaban J connectivity index is 1.46. The maximum absolute atomic E-state index is 13.1. The number of hydrogen-bond donors (Lipinski definition) is 2. The average molecular weight is 455 g/mol. The molecule has 0 bridgehead atoms. The second-order valence-corrected chi connectivity index (χ2v) is 7.90. The maximum Gasteiger partial charge on any atom is 0.309 e. The van der Waals surface area contributed by atoms with Crippen molar-refractivity contribution in [1.29, 1.82) is 0 Å². The van der Waals surface area contributed by atoms with E-state index < -0.39 is 29.7 Å². The summed E-state index contributed by atoms with van der Waals surface area (Å²) >= 11 is 0. The molecular formula is C24H26FN3O5. The van der Waals surface area contributed by atoms with Gasteiger partial charge in [0.2, 0.25) is 5.91 Å². The van der Waals surface area contributed by atoms with Gasteiger partial charge in [-0.05, 0) is 68.3 Å². The summed E-state index contributed by atoms with van der Waals surface area (Å²) in [6.07, 6.45) is -0.151. The number of nitrogens with one attached hydrogen (secondary N) is 2. The van der Waals surface area contributed by atoms with Crippen LogP contribution in [0.4, 0.5) is 15.8 Å². The van der Waals surface area contributed by atoms with Crippen molar-refractivity contribution in [2.75, 3.05) is 23.7 Å². The minimum Gasteiger partial charge on any atom is -0.452 e. The average Bonchev–Trinajstić information content (AvgIpc) is 2.80. The number of halogens is 1. The fourth-order valence-corrected chi connectivity index (χ4v) is 3.50. The lowest BCUT2D eigenvalue weighted by Crippen LogP contribution is -2.41. The number of piperidine rings is 1. The standard InChI is InChI=1S/C24H26FN3O5/c1-15(22(30)27-21-9-7-20(8-10-21)26-16(2)29)33-24(32)18-11-13-28(14-12-18)23(31)17-3-5-19(25)6-4-17/h3-10,15,18H,11-14H2,1-2H3,(H,26,29)(H,27,30)/t15-/m1/s1. The predicted molar refractivity (Wildman–Crippen MR) is 120 cm³/mol. The normalized spacial score (nSPS) is 14.8. The van der Waals surface area contributed by atoms with Crippen molar-refractivity contribution in [1.82, 2.24) is 4.90 Å². The Morgan fingerprint density at radius 3 is 2.03 bits per heavy atom. The van der Waals surface area contributed by atoms with E-state index in [1.807, 2.05) is 0 Å². The van der Waals surface area contributed by atoms with Crippen molar-refractivity contribution in [3.05, 3.63) is 59.9 Å². The van der Waals surface area contributed by atoms with Crippen LogP contribution in [0.1, 0.15) is 37.0 Å². The van der Waals surface area contributed by atoms with Gasteiger partial charge < -0.3 is 20.3 Å². The van der Waals surface area contributed by atoms with E-state index >= 15 is 0 Å². The number of esters is 1. The molecule has 0 saturated carbocycles. The van der Waals surface area contributed by atoms with Gasteiger partial charge in [-0.2, -0.15) is 0 Å². The molecule has 1 fully saturated rings. The molecule has 0 aromatic heterocycles. The number of ether oxygens (including phenoxy) is 1. The van der Waals surface area contributed by atoms with Crippen LogP contribution in [0.5, 0.6) is 0 Å². The summed E-state index contributed by atoms with van der Waals surface area (Å²) in [4.78, 5) is 50.1. The molecule has 0 aliphatic carbocycles. The number of nitrogens with zero attached hydrogens (tertiary/aromatic N) is 1. The van der Waals surface area contributed by atoms with Crippen molar-refractivity contribution in [3.8, 4) is 0 Å². The Labute approximate surface area is 191 Å². The summed E-state index contributed by atoms with van der Waals surface area (Å²) in [5.41, 5.74) is 1.50. The Kier molecular flexibility index (Phi) is 7.76. The van der Waals surface area contributed by atoms with Gasteiger partial charge in [0.25, 0.3) is 11.8 Å². The van der Waals surface area contributed by atoms with Crippen molar-refractivity contribution >= 4 is 35.1 Å². The number of likely N-dealkylation sites (tertiary alicyclic amines) is 1. The Morgan fingerprint density at radius 2 is 1.48 bits per heavy atom. The molecule has 3 amide bonds. The zero-order valence-corrected chi connectivity index (χ0v) is 18.5. The molecule has 2 aromatic rings. The second kappa shape index (κ2) is 10.7. The molecule has 2 aromatic carbocycles. The molecule has 0 spiro atoms. The minimum atomic E-state index is -0.994. The molecule has 0 radical (unpaired) electrons. The highest BCUT2D eigenvalue weighted by Gasteiger charge is 2.30. The topological polar surface area (TPSA) is 105 Å². The SMILES string of the molecule is CC(=O)Nc1ccc(NC(=O)[C@@H](C)OC(=O)C2CCN(C(=O)c3ccc(F)cc3)CC2)cc1. The number of carbonyl (C=O) groups excluding carboxylic acids is 4. The van der Waals surface area contributed by atoms with Gasteiger partial charge in [-0.15, -0.1) is 0 Å². The molecule has 174 valence electrons. The molecule has 2 N–H and O–H groups in total. The lowest BCUT2D eigenvalue weighted by Gasteiger charge is -2.31. The Hall–Kier alpha value is -3.75. The molecule has 1 atom stereocenters. The highest BCUT2D eigenvalue weighted by molar-refractivity contribution is 5.96. The number of amides is 3. The first-order valence-corrected chi connectivity index (χ1v) is 10.7. The highest BCUT2D eigenvalue weighted by atomic mass is 19.1. The van der Waals surface area contributed by atoms with Crippen LogP contribution in [-0.4, -0.2) is 47.8 Å². The minimum absolute atomic E-state index is 0.196. The van der Waals surface area contributed by atoms with Crippen molar-refractivity contribution < 1.29 is 28.3 Å². The molecule has 9 heteroatoms. The van der Waals surface area contributed by atoms with E-state index in [1.165, 1.54) is 38.1 Å². The zero-order chi connectivity index (χ0) is 24.0. The largest absolute Gasteiger partial charge is 0.452 e. The van der Waals surface area contributed by atoms with Crippen molar-refractivity contribution in [2.45, 2.75) is 32.8 Å². The predicted octanol–water partition coefficient (Wildman–Crippen LogP) is 3.21. The van der Waals surface area contributed by atoms with E-state index in [2.05, 4.69) is 10.6 Å². The fourth-order valence-electron chi connectivity index (χ4n) is 3.50. The molecular weight excluding hydrogens is 429 g/mol. The van der Waals surface area contributed by atoms with Gasteiger partial charge in [0.05, 0.1) is 5.92 Å². The van der Waals surface area contributed by atoms with Gasteiger partial charge in [-0.25, -0.2) is 4.39 Å². The number of benzene rings is 2. The number of anilines is 2. The summed E-state index contributed by atoms with van der Waals surface area (Å²) in [7, 11) is 0. The zero-order valence-electron chi connectivity index (χ0n) is 18.5. The first-order chi connectivity index (χ1) is 15.7. The Morgan fingerprint density at radius 1 is 0.939 bits per heavy atom. The van der Waals surface area contributed by atoms with Crippen LogP contribution in [0, 0.1) is 11.7 Å². The van der Waals surface area contributed by atoms with Crippen LogP contribution in [0.3, 0.4) is 0 Å². The fraction of sp³-hybridized carbons (Fsp3) is 0.333. The summed E-state index contributed by atoms with van der Waals surface area (Å²) in [5, 5.41) is 5.30. The molecule has 33 heavy (non-hydrogen) atoms. The molecule has 8 nitrogen and oxygen atoms in total. The summed E-state index contributed by atoms with van der Waals surface area (Å²) < 4.78 is 18.4. The lowest BCUT2D eigenvalue weighted by molar-refractivity contribution is -0.158. The van der Waals surface area contributed by atoms with E-state index in [4.69, 9.17) is 4.74 Å².